The van der Waals surface area contributed by atoms with Crippen LogP contribution in [0, 0.1) is 0 Å². The zero-order valence-corrected chi connectivity index (χ0v) is 12.5. The van der Waals surface area contributed by atoms with E-state index in [1.165, 1.54) is 29.0 Å². The van der Waals surface area contributed by atoms with Crippen molar-refractivity contribution in [3.05, 3.63) is 46.0 Å². The third kappa shape index (κ3) is 1.87. The van der Waals surface area contributed by atoms with E-state index in [-0.39, 0.29) is 0 Å². The Morgan fingerprint density at radius 2 is 2.24 bits per heavy atom. The van der Waals surface area contributed by atoms with E-state index in [0.717, 1.165) is 30.8 Å². The first-order chi connectivity index (χ1) is 10.4. The van der Waals surface area contributed by atoms with Gasteiger partial charge in [-0.05, 0) is 42.3 Å². The lowest BCUT2D eigenvalue weighted by atomic mass is 10.1. The highest BCUT2D eigenvalue weighted by atomic mass is 32.1. The number of anilines is 1. The van der Waals surface area contributed by atoms with Crippen LogP contribution < -0.4 is 4.90 Å². The van der Waals surface area contributed by atoms with Crippen LogP contribution in [-0.4, -0.2) is 21.1 Å². The van der Waals surface area contributed by atoms with Crippen LogP contribution in [-0.2, 0) is 13.0 Å². The molecule has 0 radical (unpaired) electrons. The summed E-state index contributed by atoms with van der Waals surface area (Å²) in [6, 6.07) is 4.49. The Hall–Kier alpha value is -1.88. The number of hydrogen-bond acceptors (Lipinski definition) is 4. The molecular weight excluding hydrogens is 280 g/mol. The number of aromatic nitrogens is 3. The van der Waals surface area contributed by atoms with Gasteiger partial charge in [0.2, 0.25) is 0 Å². The van der Waals surface area contributed by atoms with Crippen LogP contribution in [0.5, 0.6) is 0 Å². The van der Waals surface area contributed by atoms with Crippen molar-refractivity contribution in [1.82, 2.24) is 14.6 Å². The molecule has 1 aliphatic carbocycles. The van der Waals surface area contributed by atoms with Gasteiger partial charge in [0, 0.05) is 36.3 Å². The Labute approximate surface area is 127 Å². The van der Waals surface area contributed by atoms with Crippen molar-refractivity contribution < 1.29 is 0 Å². The Morgan fingerprint density at radius 3 is 3.14 bits per heavy atom. The minimum Gasteiger partial charge on any atom is -0.350 e. The molecule has 3 aromatic heterocycles. The van der Waals surface area contributed by atoms with E-state index in [9.17, 15) is 0 Å². The minimum absolute atomic E-state index is 0.683. The van der Waals surface area contributed by atoms with Gasteiger partial charge in [0.05, 0.1) is 5.69 Å². The number of hydrogen-bond donors (Lipinski definition) is 0. The van der Waals surface area contributed by atoms with Gasteiger partial charge >= 0.3 is 0 Å². The summed E-state index contributed by atoms with van der Waals surface area (Å²) in [6.45, 7) is 2.01. The monoisotopic (exact) mass is 296 g/mol. The van der Waals surface area contributed by atoms with Gasteiger partial charge in [-0.3, -0.25) is 0 Å². The Bertz CT molecular complexity index is 815. The van der Waals surface area contributed by atoms with E-state index in [1.54, 1.807) is 0 Å². The van der Waals surface area contributed by atoms with E-state index in [1.807, 2.05) is 28.2 Å². The van der Waals surface area contributed by atoms with Gasteiger partial charge in [-0.25, -0.2) is 9.50 Å². The zero-order chi connectivity index (χ0) is 13.8. The van der Waals surface area contributed by atoms with E-state index < -0.39 is 0 Å². The number of fused-ring (bicyclic) bond motifs is 2. The molecule has 1 saturated carbocycles. The van der Waals surface area contributed by atoms with Crippen molar-refractivity contribution in [1.29, 1.82) is 0 Å². The zero-order valence-electron chi connectivity index (χ0n) is 11.7. The van der Waals surface area contributed by atoms with Crippen LogP contribution in [0.25, 0.3) is 5.52 Å². The molecule has 3 aromatic rings. The average Bonchev–Trinajstić information content (AvgIpc) is 3.10. The molecule has 0 spiro atoms. The number of thiophene rings is 1. The Kier molecular flexibility index (Phi) is 2.41. The SMILES string of the molecule is c1cn2nc(C3CC3)cc2c(N2CCc3sccc3C2)n1. The van der Waals surface area contributed by atoms with E-state index in [4.69, 9.17) is 5.10 Å². The quantitative estimate of drug-likeness (QED) is 0.728. The van der Waals surface area contributed by atoms with Gasteiger partial charge in [-0.1, -0.05) is 0 Å². The third-order valence-electron chi connectivity index (χ3n) is 4.49. The lowest BCUT2D eigenvalue weighted by Crippen LogP contribution is -2.30. The van der Waals surface area contributed by atoms with Crippen LogP contribution in [0.1, 0.15) is 34.9 Å². The Balaban J connectivity index is 1.58. The fraction of sp³-hybridized carbons (Fsp3) is 0.375. The average molecular weight is 296 g/mol. The van der Waals surface area contributed by atoms with Crippen LogP contribution >= 0.6 is 11.3 Å². The predicted molar refractivity (Wildman–Crippen MR) is 84.0 cm³/mol. The molecule has 0 aromatic carbocycles. The van der Waals surface area contributed by atoms with E-state index >= 15 is 0 Å². The summed E-state index contributed by atoms with van der Waals surface area (Å²) in [5, 5.41) is 6.92. The van der Waals surface area contributed by atoms with Gasteiger partial charge in [-0.15, -0.1) is 11.3 Å². The van der Waals surface area contributed by atoms with Crippen molar-refractivity contribution in [2.45, 2.75) is 31.7 Å². The third-order valence-corrected chi connectivity index (χ3v) is 5.51. The molecule has 0 bridgehead atoms. The fourth-order valence-electron chi connectivity index (χ4n) is 3.18. The maximum absolute atomic E-state index is 4.72. The summed E-state index contributed by atoms with van der Waals surface area (Å²) in [7, 11) is 0. The van der Waals surface area contributed by atoms with Crippen molar-refractivity contribution in [2.24, 2.45) is 0 Å². The van der Waals surface area contributed by atoms with Crippen molar-refractivity contribution in [2.75, 3.05) is 11.4 Å². The molecule has 4 heterocycles. The Morgan fingerprint density at radius 1 is 1.29 bits per heavy atom. The van der Waals surface area contributed by atoms with Gasteiger partial charge in [0.15, 0.2) is 5.82 Å². The molecule has 21 heavy (non-hydrogen) atoms. The number of rotatable bonds is 2. The van der Waals surface area contributed by atoms with Crippen LogP contribution in [0.4, 0.5) is 5.82 Å². The summed E-state index contributed by atoms with van der Waals surface area (Å²) >= 11 is 1.88. The van der Waals surface area contributed by atoms with Crippen LogP contribution in [0.2, 0.25) is 0 Å². The molecule has 106 valence electrons. The summed E-state index contributed by atoms with van der Waals surface area (Å²) in [4.78, 5) is 8.57. The molecule has 0 amide bonds. The summed E-state index contributed by atoms with van der Waals surface area (Å²) in [5.74, 6) is 1.76. The van der Waals surface area contributed by atoms with Crippen molar-refractivity contribution in [3.8, 4) is 0 Å². The molecule has 5 heteroatoms. The second-order valence-corrected chi connectivity index (χ2v) is 6.97. The minimum atomic E-state index is 0.683. The highest BCUT2D eigenvalue weighted by molar-refractivity contribution is 7.10. The summed E-state index contributed by atoms with van der Waals surface area (Å²) in [5.41, 5.74) is 3.84. The smallest absolute Gasteiger partial charge is 0.155 e. The standard InChI is InChI=1S/C16H16N4S/c1-2-11(1)13-9-14-16(17-5-7-20(14)18-13)19-6-3-15-12(10-19)4-8-21-15/h4-5,7-9,11H,1-3,6,10H2. The van der Waals surface area contributed by atoms with Crippen molar-refractivity contribution >= 4 is 22.7 Å². The highest BCUT2D eigenvalue weighted by Gasteiger charge is 2.28. The molecular formula is C16H16N4S. The molecule has 5 rings (SSSR count). The molecule has 0 saturated heterocycles. The van der Waals surface area contributed by atoms with Gasteiger partial charge in [0.25, 0.3) is 0 Å². The molecule has 0 N–H and O–H groups in total. The molecule has 1 fully saturated rings. The topological polar surface area (TPSA) is 33.4 Å². The summed E-state index contributed by atoms with van der Waals surface area (Å²) < 4.78 is 2.00. The molecule has 0 atom stereocenters. The lowest BCUT2D eigenvalue weighted by molar-refractivity contribution is 0.730. The second kappa shape index (κ2) is 4.31. The van der Waals surface area contributed by atoms with Crippen LogP contribution in [0.15, 0.2) is 29.9 Å². The largest absolute Gasteiger partial charge is 0.350 e. The first-order valence-electron chi connectivity index (χ1n) is 7.53. The number of nitrogens with zero attached hydrogens (tertiary/aromatic N) is 4. The normalized spacial score (nSPS) is 18.2. The summed E-state index contributed by atoms with van der Waals surface area (Å²) in [6.07, 6.45) is 7.53. The van der Waals surface area contributed by atoms with Gasteiger partial charge in [-0.2, -0.15) is 5.10 Å². The van der Waals surface area contributed by atoms with Crippen molar-refractivity contribution in [3.63, 3.8) is 0 Å². The first-order valence-corrected chi connectivity index (χ1v) is 8.41. The van der Waals surface area contributed by atoms with Crippen LogP contribution in [0.3, 0.4) is 0 Å². The lowest BCUT2D eigenvalue weighted by Gasteiger charge is -2.28. The molecule has 2 aliphatic rings. The fourth-order valence-corrected chi connectivity index (χ4v) is 4.07. The second-order valence-electron chi connectivity index (χ2n) is 5.96. The van der Waals surface area contributed by atoms with Gasteiger partial charge in [0.1, 0.15) is 5.52 Å². The van der Waals surface area contributed by atoms with Gasteiger partial charge < -0.3 is 4.90 Å². The van der Waals surface area contributed by atoms with E-state index in [2.05, 4.69) is 27.4 Å². The molecule has 1 aliphatic heterocycles. The first kappa shape index (κ1) is 11.7. The predicted octanol–water partition coefficient (Wildman–Crippen LogP) is 3.23. The highest BCUT2D eigenvalue weighted by Crippen LogP contribution is 2.40. The molecule has 0 unspecified atom stereocenters. The molecule has 4 nitrogen and oxygen atoms in total. The maximum Gasteiger partial charge on any atom is 0.155 e. The maximum atomic E-state index is 4.72. The van der Waals surface area contributed by atoms with E-state index in [0.29, 0.717) is 5.92 Å².